The zero-order valence-corrected chi connectivity index (χ0v) is 38.2. The van der Waals surface area contributed by atoms with E-state index in [-0.39, 0.29) is 89.3 Å². The molecule has 3 aromatic rings. The van der Waals surface area contributed by atoms with Crippen LogP contribution in [0.5, 0.6) is 23.0 Å². The van der Waals surface area contributed by atoms with Crippen LogP contribution in [0.15, 0.2) is 96.2 Å². The molecular weight excluding hydrogens is 851 g/mol. The number of nitrogens with zero attached hydrogens (tertiary/aromatic N) is 2. The smallest absolute Gasteiger partial charge is 0.417 e. The lowest BCUT2D eigenvalue weighted by atomic mass is 9.55. The van der Waals surface area contributed by atoms with Crippen LogP contribution in [-0.2, 0) is 25.7 Å². The summed E-state index contributed by atoms with van der Waals surface area (Å²) >= 11 is 0. The Kier molecular flexibility index (Phi) is 18.7. The van der Waals surface area contributed by atoms with E-state index < -0.39 is 29.9 Å². The number of hydrogen-bond donors (Lipinski definition) is 4. The van der Waals surface area contributed by atoms with Crippen molar-refractivity contribution in [2.75, 3.05) is 72.3 Å². The number of methoxy groups -OCH3 is 2. The standard InChI is InChI=1S/C50H65N3O13/c1-5-26-63-50-45(53(49(58)62-6-2)22-27-61-28-25-56)32-42(52-64-33-34-14-8-7-9-15-34)39-29-35(16-10-12-23-54)38(17-11-13-24-55)46(47(39)50)40-30-37(19-21-43(40)66-50)65-48(57)51-41-20-18-36(59-3)31-44(41)60-4/h5,7-9,14-15,18-21,29-31,35,38,45-47,54-56H,1,6,10-13,16-17,22-28,32-33H2,2-4H3,(H,51,57)/t35-,38+,45-,46+,47+,50+/m0/s1. The molecule has 1 fully saturated rings. The van der Waals surface area contributed by atoms with Gasteiger partial charge in [-0.05, 0) is 85.9 Å². The van der Waals surface area contributed by atoms with Gasteiger partial charge in [0, 0.05) is 43.7 Å². The Morgan fingerprint density at radius 1 is 0.939 bits per heavy atom. The molecule has 16 nitrogen and oxygen atoms in total. The molecule has 1 saturated carbocycles. The lowest BCUT2D eigenvalue weighted by Crippen LogP contribution is -2.70. The highest BCUT2D eigenvalue weighted by atomic mass is 16.7. The minimum Gasteiger partial charge on any atom is -0.497 e. The quantitative estimate of drug-likeness (QED) is 0.0369. The second-order valence-corrected chi connectivity index (χ2v) is 16.3. The number of anilines is 1. The van der Waals surface area contributed by atoms with Gasteiger partial charge in [-0.25, -0.2) is 9.59 Å². The number of rotatable bonds is 25. The Morgan fingerprint density at radius 3 is 2.42 bits per heavy atom. The first kappa shape index (κ1) is 49.8. The number of nitrogens with one attached hydrogen (secondary N) is 1. The summed E-state index contributed by atoms with van der Waals surface area (Å²) in [5.41, 5.74) is 3.50. The van der Waals surface area contributed by atoms with Gasteiger partial charge in [0.25, 0.3) is 0 Å². The van der Waals surface area contributed by atoms with E-state index in [9.17, 15) is 24.9 Å². The number of oxime groups is 1. The number of carbonyl (C=O) groups is 2. The summed E-state index contributed by atoms with van der Waals surface area (Å²) in [6.45, 7) is 6.20. The highest BCUT2D eigenvalue weighted by molar-refractivity contribution is 6.03. The van der Waals surface area contributed by atoms with Crippen LogP contribution < -0.4 is 24.3 Å². The van der Waals surface area contributed by atoms with Gasteiger partial charge in [-0.3, -0.25) is 10.2 Å². The number of amides is 2. The van der Waals surface area contributed by atoms with Crippen LogP contribution in [0.3, 0.4) is 0 Å². The van der Waals surface area contributed by atoms with Gasteiger partial charge in [0.2, 0.25) is 5.79 Å². The number of ether oxygens (including phenoxy) is 7. The van der Waals surface area contributed by atoms with E-state index in [0.717, 1.165) is 29.5 Å². The average molecular weight is 916 g/mol. The molecule has 0 radical (unpaired) electrons. The van der Waals surface area contributed by atoms with Crippen LogP contribution >= 0.6 is 0 Å². The summed E-state index contributed by atoms with van der Waals surface area (Å²) in [5.74, 6) is -1.03. The summed E-state index contributed by atoms with van der Waals surface area (Å²) in [6, 6.07) is 19.1. The van der Waals surface area contributed by atoms with Crippen molar-refractivity contribution in [3.8, 4) is 23.0 Å². The molecule has 1 heterocycles. The highest BCUT2D eigenvalue weighted by Gasteiger charge is 2.65. The highest BCUT2D eigenvalue weighted by Crippen LogP contribution is 2.62. The summed E-state index contributed by atoms with van der Waals surface area (Å²) < 4.78 is 42.5. The molecular formula is C50H65N3O13. The van der Waals surface area contributed by atoms with Crippen molar-refractivity contribution in [1.82, 2.24) is 4.90 Å². The number of unbranched alkanes of at least 4 members (excludes halogenated alkanes) is 2. The van der Waals surface area contributed by atoms with E-state index in [1.54, 1.807) is 55.3 Å². The molecule has 3 aromatic carbocycles. The fourth-order valence-electron chi connectivity index (χ4n) is 9.53. The zero-order chi connectivity index (χ0) is 46.9. The first-order valence-corrected chi connectivity index (χ1v) is 22.8. The maximum absolute atomic E-state index is 14.3. The Morgan fingerprint density at radius 2 is 1.71 bits per heavy atom. The van der Waals surface area contributed by atoms with Gasteiger partial charge in [-0.15, -0.1) is 6.58 Å². The predicted octanol–water partition coefficient (Wildman–Crippen LogP) is 7.62. The third-order valence-electron chi connectivity index (χ3n) is 12.3. The summed E-state index contributed by atoms with van der Waals surface area (Å²) in [7, 11) is 3.03. The van der Waals surface area contributed by atoms with E-state index in [2.05, 4.69) is 18.0 Å². The van der Waals surface area contributed by atoms with Crippen LogP contribution in [0.25, 0.3) is 0 Å². The van der Waals surface area contributed by atoms with Gasteiger partial charge < -0.3 is 53.3 Å². The van der Waals surface area contributed by atoms with E-state index in [1.807, 2.05) is 36.4 Å². The molecule has 3 aliphatic rings. The lowest BCUT2D eigenvalue weighted by Gasteiger charge is -2.59. The van der Waals surface area contributed by atoms with Gasteiger partial charge >= 0.3 is 12.2 Å². The van der Waals surface area contributed by atoms with E-state index in [0.29, 0.717) is 54.3 Å². The Bertz CT molecular complexity index is 2120. The lowest BCUT2D eigenvalue weighted by molar-refractivity contribution is -0.256. The molecule has 2 amide bonds. The number of aliphatic hydroxyl groups excluding tert-OH is 3. The van der Waals surface area contributed by atoms with Gasteiger partial charge in [-0.1, -0.05) is 60.5 Å². The fraction of sp³-hybridized carbons (Fsp3) is 0.500. The molecule has 2 aliphatic carbocycles. The second-order valence-electron chi connectivity index (χ2n) is 16.3. The number of allylic oxidation sites excluding steroid dienone is 1. The van der Waals surface area contributed by atoms with Crippen LogP contribution in [0.4, 0.5) is 15.3 Å². The largest absolute Gasteiger partial charge is 0.497 e. The number of carbonyl (C=O) groups excluding carboxylic acids is 2. The molecule has 66 heavy (non-hydrogen) atoms. The van der Waals surface area contributed by atoms with Gasteiger partial charge in [0.15, 0.2) is 0 Å². The van der Waals surface area contributed by atoms with Gasteiger partial charge in [0.05, 0.1) is 64.6 Å². The molecule has 4 N–H and O–H groups in total. The normalized spacial score (nSPS) is 22.2. The van der Waals surface area contributed by atoms with Crippen molar-refractivity contribution in [3.05, 3.63) is 102 Å². The van der Waals surface area contributed by atoms with Crippen molar-refractivity contribution in [2.24, 2.45) is 22.9 Å². The Labute approximate surface area is 387 Å². The van der Waals surface area contributed by atoms with Crippen LogP contribution in [0.1, 0.15) is 68.9 Å². The molecule has 0 aromatic heterocycles. The van der Waals surface area contributed by atoms with Crippen molar-refractivity contribution >= 4 is 23.6 Å². The SMILES string of the molecule is C=CCO[C@@]12Oc3ccc(OC(=O)Nc4ccc(OC)cc4OC)cc3[C@H]3[C@H](CCCCO)[C@@H](CCCCO)C=C(C(=NOCc4ccccc4)C[C@@H]1N(CCOCCO)C(=O)OCC)[C@H]32. The van der Waals surface area contributed by atoms with Gasteiger partial charge in [-0.2, -0.15) is 0 Å². The molecule has 1 aliphatic heterocycles. The molecule has 6 rings (SSSR count). The van der Waals surface area contributed by atoms with E-state index in [4.69, 9.17) is 43.2 Å². The summed E-state index contributed by atoms with van der Waals surface area (Å²) in [4.78, 5) is 35.6. The fourth-order valence-corrected chi connectivity index (χ4v) is 9.53. The van der Waals surface area contributed by atoms with Crippen molar-refractivity contribution in [1.29, 1.82) is 0 Å². The van der Waals surface area contributed by atoms with Gasteiger partial charge in [0.1, 0.15) is 35.6 Å². The molecule has 0 spiro atoms. The first-order chi connectivity index (χ1) is 32.2. The minimum absolute atomic E-state index is 0.0275. The van der Waals surface area contributed by atoms with Crippen LogP contribution in [-0.4, -0.2) is 117 Å². The van der Waals surface area contributed by atoms with Crippen LogP contribution in [0, 0.1) is 17.8 Å². The molecule has 358 valence electrons. The Hall–Kier alpha value is -5.65. The average Bonchev–Trinajstić information content (AvgIpc) is 3.33. The first-order valence-electron chi connectivity index (χ1n) is 22.8. The third kappa shape index (κ3) is 11.8. The molecule has 0 bridgehead atoms. The van der Waals surface area contributed by atoms with Crippen molar-refractivity contribution in [2.45, 2.75) is 76.2 Å². The van der Waals surface area contributed by atoms with E-state index in [1.165, 1.54) is 7.11 Å². The summed E-state index contributed by atoms with van der Waals surface area (Å²) in [5, 5.41) is 37.1. The predicted molar refractivity (Wildman–Crippen MR) is 247 cm³/mol. The van der Waals surface area contributed by atoms with E-state index >= 15 is 0 Å². The minimum atomic E-state index is -1.56. The van der Waals surface area contributed by atoms with Crippen molar-refractivity contribution < 1.29 is 62.9 Å². The molecule has 16 heteroatoms. The number of hydrogen-bond acceptors (Lipinski definition) is 14. The monoisotopic (exact) mass is 915 g/mol. The molecule has 0 saturated heterocycles. The molecule has 6 atom stereocenters. The summed E-state index contributed by atoms with van der Waals surface area (Å²) in [6.07, 6.45) is 6.78. The van der Waals surface area contributed by atoms with Crippen LogP contribution in [0.2, 0.25) is 0 Å². The van der Waals surface area contributed by atoms with Crippen molar-refractivity contribution in [3.63, 3.8) is 0 Å². The Balaban J connectivity index is 1.53. The second kappa shape index (κ2) is 24.8. The zero-order valence-electron chi connectivity index (χ0n) is 38.2. The maximum atomic E-state index is 14.3. The number of benzene rings is 3. The number of fused-ring (bicyclic) bond motifs is 2. The topological polar surface area (TPSA) is 196 Å². The third-order valence-corrected chi connectivity index (χ3v) is 12.3. The number of aliphatic hydroxyl groups is 3. The maximum Gasteiger partial charge on any atom is 0.417 e. The molecule has 0 unspecified atom stereocenters.